The topological polar surface area (TPSA) is 0 Å². The van der Waals surface area contributed by atoms with Crippen molar-refractivity contribution in [3.63, 3.8) is 0 Å². The molecule has 13 heavy (non-hydrogen) atoms. The van der Waals surface area contributed by atoms with Crippen molar-refractivity contribution in [2.24, 2.45) is 0 Å². The highest BCUT2D eigenvalue weighted by Gasteiger charge is 2.23. The molecule has 0 amide bonds. The highest BCUT2D eigenvalue weighted by molar-refractivity contribution is 9.09. The van der Waals surface area contributed by atoms with Crippen molar-refractivity contribution in [3.8, 4) is 0 Å². The van der Waals surface area contributed by atoms with E-state index in [9.17, 15) is 8.78 Å². The van der Waals surface area contributed by atoms with Gasteiger partial charge in [0.1, 0.15) is 11.6 Å². The van der Waals surface area contributed by atoms with E-state index in [1.165, 1.54) is 12.1 Å². The molecule has 0 saturated carbocycles. The first-order chi connectivity index (χ1) is 6.20. The molecule has 1 aliphatic carbocycles. The van der Waals surface area contributed by atoms with E-state index in [-0.39, 0.29) is 16.5 Å². The van der Waals surface area contributed by atoms with Crippen LogP contribution in [0.2, 0.25) is 0 Å². The van der Waals surface area contributed by atoms with Crippen LogP contribution in [0.5, 0.6) is 0 Å². The van der Waals surface area contributed by atoms with Gasteiger partial charge in [-0.3, -0.25) is 0 Å². The van der Waals surface area contributed by atoms with Crippen molar-refractivity contribution < 1.29 is 8.78 Å². The number of alkyl halides is 1. The van der Waals surface area contributed by atoms with E-state index in [0.717, 1.165) is 12.8 Å². The van der Waals surface area contributed by atoms with Gasteiger partial charge in [0.05, 0.1) is 0 Å². The molecule has 1 aromatic rings. The van der Waals surface area contributed by atoms with Crippen LogP contribution in [-0.4, -0.2) is 0 Å². The summed E-state index contributed by atoms with van der Waals surface area (Å²) in [5, 5.41) is 0. The zero-order valence-electron chi connectivity index (χ0n) is 6.99. The third-order valence-electron chi connectivity index (χ3n) is 2.44. The van der Waals surface area contributed by atoms with Crippen LogP contribution in [0, 0.1) is 11.6 Å². The lowest BCUT2D eigenvalue weighted by atomic mass is 9.91. The summed E-state index contributed by atoms with van der Waals surface area (Å²) in [6.45, 7) is 0. The van der Waals surface area contributed by atoms with E-state index in [1.807, 2.05) is 0 Å². The summed E-state index contributed by atoms with van der Waals surface area (Å²) in [5.41, 5.74) is 1.07. The van der Waals surface area contributed by atoms with Crippen LogP contribution in [0.1, 0.15) is 28.8 Å². The summed E-state index contributed by atoms with van der Waals surface area (Å²) < 4.78 is 26.5. The van der Waals surface area contributed by atoms with Crippen LogP contribution < -0.4 is 0 Å². The van der Waals surface area contributed by atoms with E-state index in [0.29, 0.717) is 17.5 Å². The molecule has 0 radical (unpaired) electrons. The molecule has 0 nitrogen and oxygen atoms in total. The molecule has 0 heterocycles. The first kappa shape index (κ1) is 9.13. The second-order valence-electron chi connectivity index (χ2n) is 3.28. The maximum Gasteiger partial charge on any atom is 0.128 e. The van der Waals surface area contributed by atoms with E-state index in [1.54, 1.807) is 0 Å². The van der Waals surface area contributed by atoms with Gasteiger partial charge in [0.15, 0.2) is 0 Å². The number of hydrogen-bond acceptors (Lipinski definition) is 0. The predicted octanol–water partition coefficient (Wildman–Crippen LogP) is 3.74. The average Bonchev–Trinajstić information content (AvgIpc) is 2.12. The standard InChI is InChI=1S/C10H9BrF2/c11-7-3-1-2-6-8(12)4-5-9(13)10(6)7/h4-5,7H,1-3H2. The average molecular weight is 247 g/mol. The summed E-state index contributed by atoms with van der Waals surface area (Å²) in [5.74, 6) is -0.571. The number of benzene rings is 1. The molecule has 0 aromatic heterocycles. The van der Waals surface area contributed by atoms with E-state index >= 15 is 0 Å². The summed E-state index contributed by atoms with van der Waals surface area (Å²) >= 11 is 3.37. The molecule has 0 saturated heterocycles. The van der Waals surface area contributed by atoms with Crippen LogP contribution in [0.4, 0.5) is 8.78 Å². The van der Waals surface area contributed by atoms with Crippen LogP contribution in [-0.2, 0) is 6.42 Å². The Bertz CT molecular complexity index is 336. The van der Waals surface area contributed by atoms with Crippen LogP contribution in [0.25, 0.3) is 0 Å². The fourth-order valence-electron chi connectivity index (χ4n) is 1.80. The maximum atomic E-state index is 13.3. The first-order valence-electron chi connectivity index (χ1n) is 4.31. The zero-order valence-corrected chi connectivity index (χ0v) is 8.57. The van der Waals surface area contributed by atoms with Gasteiger partial charge in [-0.05, 0) is 37.0 Å². The van der Waals surface area contributed by atoms with Crippen molar-refractivity contribution in [1.29, 1.82) is 0 Å². The lowest BCUT2D eigenvalue weighted by molar-refractivity contribution is 0.537. The van der Waals surface area contributed by atoms with Crippen molar-refractivity contribution in [1.82, 2.24) is 0 Å². The van der Waals surface area contributed by atoms with Crippen LogP contribution in [0.15, 0.2) is 12.1 Å². The van der Waals surface area contributed by atoms with Crippen molar-refractivity contribution >= 4 is 15.9 Å². The molecule has 0 bridgehead atoms. The number of fused-ring (bicyclic) bond motifs is 1. The van der Waals surface area contributed by atoms with Gasteiger partial charge in [0.2, 0.25) is 0 Å². The molecule has 1 atom stereocenters. The Hall–Kier alpha value is -0.440. The fraction of sp³-hybridized carbons (Fsp3) is 0.400. The predicted molar refractivity (Wildman–Crippen MR) is 51.0 cm³/mol. The van der Waals surface area contributed by atoms with Crippen LogP contribution in [0.3, 0.4) is 0 Å². The van der Waals surface area contributed by atoms with Gasteiger partial charge >= 0.3 is 0 Å². The molecule has 0 fully saturated rings. The van der Waals surface area contributed by atoms with E-state index in [4.69, 9.17) is 0 Å². The molecule has 1 aliphatic rings. The third kappa shape index (κ3) is 1.50. The number of halogens is 3. The van der Waals surface area contributed by atoms with E-state index < -0.39 is 0 Å². The summed E-state index contributed by atoms with van der Waals surface area (Å²) in [7, 11) is 0. The molecule has 0 spiro atoms. The summed E-state index contributed by atoms with van der Waals surface area (Å²) in [6.07, 6.45) is 2.46. The van der Waals surface area contributed by atoms with Gasteiger partial charge in [0.25, 0.3) is 0 Å². The molecule has 0 N–H and O–H groups in total. The van der Waals surface area contributed by atoms with Gasteiger partial charge < -0.3 is 0 Å². The molecule has 3 heteroatoms. The maximum absolute atomic E-state index is 13.3. The quantitative estimate of drug-likeness (QED) is 0.612. The Kier molecular flexibility index (Phi) is 2.37. The molecular weight excluding hydrogens is 238 g/mol. The Morgan fingerprint density at radius 2 is 1.92 bits per heavy atom. The van der Waals surface area contributed by atoms with Gasteiger partial charge in [0, 0.05) is 10.4 Å². The number of hydrogen-bond donors (Lipinski definition) is 0. The van der Waals surface area contributed by atoms with Gasteiger partial charge in [-0.15, -0.1) is 0 Å². The normalized spacial score (nSPS) is 21.3. The van der Waals surface area contributed by atoms with Crippen molar-refractivity contribution in [3.05, 3.63) is 34.9 Å². The molecule has 0 aliphatic heterocycles. The van der Waals surface area contributed by atoms with Crippen molar-refractivity contribution in [2.75, 3.05) is 0 Å². The Morgan fingerprint density at radius 3 is 2.62 bits per heavy atom. The molecule has 70 valence electrons. The highest BCUT2D eigenvalue weighted by atomic mass is 79.9. The minimum atomic E-state index is -0.294. The van der Waals surface area contributed by atoms with Gasteiger partial charge in [-0.25, -0.2) is 8.78 Å². The number of rotatable bonds is 0. The fourth-order valence-corrected chi connectivity index (χ4v) is 2.62. The second-order valence-corrected chi connectivity index (χ2v) is 4.39. The second kappa shape index (κ2) is 3.37. The lowest BCUT2D eigenvalue weighted by Gasteiger charge is -2.21. The van der Waals surface area contributed by atoms with Crippen LogP contribution >= 0.6 is 15.9 Å². The Morgan fingerprint density at radius 1 is 1.23 bits per heavy atom. The molecule has 2 rings (SSSR count). The first-order valence-corrected chi connectivity index (χ1v) is 5.22. The molecule has 1 unspecified atom stereocenters. The smallest absolute Gasteiger partial charge is 0.128 e. The van der Waals surface area contributed by atoms with E-state index in [2.05, 4.69) is 15.9 Å². The minimum absolute atomic E-state index is 0.0213. The Balaban J connectivity index is 2.60. The highest BCUT2D eigenvalue weighted by Crippen LogP contribution is 2.38. The Labute approximate surface area is 84.1 Å². The zero-order chi connectivity index (χ0) is 9.42. The van der Waals surface area contributed by atoms with Gasteiger partial charge in [-0.2, -0.15) is 0 Å². The SMILES string of the molecule is Fc1ccc(F)c2c1CCCC2Br. The largest absolute Gasteiger partial charge is 0.207 e. The minimum Gasteiger partial charge on any atom is -0.207 e. The van der Waals surface area contributed by atoms with Crippen molar-refractivity contribution in [2.45, 2.75) is 24.1 Å². The lowest BCUT2D eigenvalue weighted by Crippen LogP contribution is -2.09. The summed E-state index contributed by atoms with van der Waals surface area (Å²) in [4.78, 5) is -0.0213. The summed E-state index contributed by atoms with van der Waals surface area (Å²) in [6, 6.07) is 2.41. The monoisotopic (exact) mass is 246 g/mol. The molecular formula is C10H9BrF2. The molecule has 1 aromatic carbocycles. The van der Waals surface area contributed by atoms with Gasteiger partial charge in [-0.1, -0.05) is 15.9 Å². The third-order valence-corrected chi connectivity index (χ3v) is 3.36.